The Balaban J connectivity index is 2.24. The van der Waals surface area contributed by atoms with Crippen LogP contribution in [0.1, 0.15) is 11.1 Å². The quantitative estimate of drug-likeness (QED) is 0.854. The van der Waals surface area contributed by atoms with Gasteiger partial charge >= 0.3 is 0 Å². The fourth-order valence-corrected chi connectivity index (χ4v) is 2.43. The molecule has 2 aromatic carbocycles. The number of rotatable bonds is 6. The monoisotopic (exact) mass is 353 g/mol. The zero-order valence-corrected chi connectivity index (χ0v) is 13.5. The first-order valence-electron chi connectivity index (χ1n) is 6.53. The van der Waals surface area contributed by atoms with Crippen LogP contribution in [-0.4, -0.2) is 14.2 Å². The van der Waals surface area contributed by atoms with Gasteiger partial charge in [0.05, 0.1) is 7.11 Å². The molecular weight excluding hydrogens is 337 g/mol. The average Bonchev–Trinajstić information content (AvgIpc) is 2.49. The molecule has 0 radical (unpaired) electrons. The van der Waals surface area contributed by atoms with Crippen molar-refractivity contribution >= 4 is 15.9 Å². The summed E-state index contributed by atoms with van der Waals surface area (Å²) in [6, 6.07) is 10.0. The van der Waals surface area contributed by atoms with Crippen LogP contribution in [-0.2, 0) is 13.2 Å². The van der Waals surface area contributed by atoms with E-state index in [1.807, 2.05) is 19.2 Å². The molecule has 0 aliphatic rings. The smallest absolute Gasteiger partial charge is 0.167 e. The lowest BCUT2D eigenvalue weighted by Crippen LogP contribution is -2.09. The predicted octanol–water partition coefficient (Wildman–Crippen LogP) is 3.90. The first kappa shape index (κ1) is 15.8. The molecule has 0 aliphatic heterocycles. The Morgan fingerprint density at radius 2 is 1.86 bits per heavy atom. The van der Waals surface area contributed by atoms with Crippen LogP contribution in [0.15, 0.2) is 40.9 Å². The lowest BCUT2D eigenvalue weighted by molar-refractivity contribution is 0.280. The number of ether oxygens (including phenoxy) is 2. The highest BCUT2D eigenvalue weighted by atomic mass is 79.9. The van der Waals surface area contributed by atoms with Crippen LogP contribution in [0, 0.1) is 5.82 Å². The highest BCUT2D eigenvalue weighted by Gasteiger charge is 2.14. The molecule has 0 heterocycles. The Hall–Kier alpha value is -1.59. The summed E-state index contributed by atoms with van der Waals surface area (Å²) in [5.74, 6) is 1.10. The third kappa shape index (κ3) is 3.95. The van der Waals surface area contributed by atoms with Crippen molar-refractivity contribution in [3.8, 4) is 11.5 Å². The molecule has 3 nitrogen and oxygen atoms in total. The van der Waals surface area contributed by atoms with Crippen LogP contribution >= 0.6 is 15.9 Å². The van der Waals surface area contributed by atoms with Crippen LogP contribution in [0.3, 0.4) is 0 Å². The standard InChI is InChI=1S/C16H17BrFNO2/c1-19-9-13-14(17)7-8-15(20-2)16(13)21-10-11-3-5-12(18)6-4-11/h3-8,19H,9-10H2,1-2H3. The van der Waals surface area contributed by atoms with E-state index in [2.05, 4.69) is 21.2 Å². The largest absolute Gasteiger partial charge is 0.493 e. The summed E-state index contributed by atoms with van der Waals surface area (Å²) >= 11 is 3.52. The molecular formula is C16H17BrFNO2. The van der Waals surface area contributed by atoms with Crippen LogP contribution < -0.4 is 14.8 Å². The molecule has 21 heavy (non-hydrogen) atoms. The van der Waals surface area contributed by atoms with E-state index in [0.29, 0.717) is 24.7 Å². The van der Waals surface area contributed by atoms with Gasteiger partial charge in [0.2, 0.25) is 0 Å². The van der Waals surface area contributed by atoms with Crippen molar-refractivity contribution in [3.05, 3.63) is 57.8 Å². The lowest BCUT2D eigenvalue weighted by Gasteiger charge is -2.16. The molecule has 0 saturated heterocycles. The average molecular weight is 354 g/mol. The summed E-state index contributed by atoms with van der Waals surface area (Å²) in [7, 11) is 3.48. The maximum absolute atomic E-state index is 12.9. The van der Waals surface area contributed by atoms with Crippen molar-refractivity contribution in [3.63, 3.8) is 0 Å². The maximum Gasteiger partial charge on any atom is 0.167 e. The zero-order chi connectivity index (χ0) is 15.2. The van der Waals surface area contributed by atoms with Gasteiger partial charge in [0.25, 0.3) is 0 Å². The van der Waals surface area contributed by atoms with Gasteiger partial charge in [-0.05, 0) is 36.9 Å². The lowest BCUT2D eigenvalue weighted by atomic mass is 10.1. The van der Waals surface area contributed by atoms with E-state index in [1.54, 1.807) is 19.2 Å². The van der Waals surface area contributed by atoms with E-state index in [1.165, 1.54) is 12.1 Å². The van der Waals surface area contributed by atoms with E-state index >= 15 is 0 Å². The highest BCUT2D eigenvalue weighted by molar-refractivity contribution is 9.10. The third-order valence-electron chi connectivity index (χ3n) is 3.04. The van der Waals surface area contributed by atoms with Crippen molar-refractivity contribution < 1.29 is 13.9 Å². The van der Waals surface area contributed by atoms with Gasteiger partial charge in [-0.1, -0.05) is 28.1 Å². The van der Waals surface area contributed by atoms with Crippen molar-refractivity contribution in [2.75, 3.05) is 14.2 Å². The summed E-state index contributed by atoms with van der Waals surface area (Å²) in [6.45, 7) is 1.00. The molecule has 5 heteroatoms. The van der Waals surface area contributed by atoms with Crippen LogP contribution in [0.4, 0.5) is 4.39 Å². The molecule has 0 fully saturated rings. The first-order valence-corrected chi connectivity index (χ1v) is 7.32. The molecule has 0 amide bonds. The van der Waals surface area contributed by atoms with E-state index < -0.39 is 0 Å². The van der Waals surface area contributed by atoms with E-state index in [-0.39, 0.29) is 5.82 Å². The molecule has 1 N–H and O–H groups in total. The van der Waals surface area contributed by atoms with E-state index in [4.69, 9.17) is 9.47 Å². The molecule has 0 bridgehead atoms. The Morgan fingerprint density at radius 1 is 1.14 bits per heavy atom. The Bertz CT molecular complexity index is 602. The molecule has 2 rings (SSSR count). The summed E-state index contributed by atoms with van der Waals surface area (Å²) in [5.41, 5.74) is 1.88. The third-order valence-corrected chi connectivity index (χ3v) is 3.78. The van der Waals surface area contributed by atoms with E-state index in [9.17, 15) is 4.39 Å². The van der Waals surface area contributed by atoms with Gasteiger partial charge in [-0.2, -0.15) is 0 Å². The second-order valence-electron chi connectivity index (χ2n) is 4.50. The van der Waals surface area contributed by atoms with Crippen molar-refractivity contribution in [1.29, 1.82) is 0 Å². The first-order chi connectivity index (χ1) is 10.2. The maximum atomic E-state index is 12.9. The summed E-state index contributed by atoms with van der Waals surface area (Å²) in [6.07, 6.45) is 0. The van der Waals surface area contributed by atoms with Gasteiger partial charge in [0.15, 0.2) is 11.5 Å². The van der Waals surface area contributed by atoms with Gasteiger partial charge in [-0.25, -0.2) is 4.39 Å². The van der Waals surface area contributed by atoms with Crippen LogP contribution in [0.2, 0.25) is 0 Å². The SMILES string of the molecule is CNCc1c(Br)ccc(OC)c1OCc1ccc(F)cc1. The molecule has 0 aliphatic carbocycles. The number of benzene rings is 2. The Labute approximate surface area is 132 Å². The van der Waals surface area contributed by atoms with Crippen molar-refractivity contribution in [2.45, 2.75) is 13.2 Å². The van der Waals surface area contributed by atoms with Gasteiger partial charge in [0.1, 0.15) is 12.4 Å². The predicted molar refractivity (Wildman–Crippen MR) is 84.2 cm³/mol. The fraction of sp³-hybridized carbons (Fsp3) is 0.250. The van der Waals surface area contributed by atoms with Gasteiger partial charge in [-0.3, -0.25) is 0 Å². The molecule has 2 aromatic rings. The normalized spacial score (nSPS) is 10.5. The number of halogens is 2. The molecule has 0 spiro atoms. The number of nitrogens with one attached hydrogen (secondary N) is 1. The Morgan fingerprint density at radius 3 is 2.48 bits per heavy atom. The van der Waals surface area contributed by atoms with Gasteiger partial charge < -0.3 is 14.8 Å². The minimum atomic E-state index is -0.255. The summed E-state index contributed by atoms with van der Waals surface area (Å²) in [5, 5.41) is 3.11. The van der Waals surface area contributed by atoms with E-state index in [0.717, 1.165) is 15.6 Å². The Kier molecular flexibility index (Phi) is 5.59. The second kappa shape index (κ2) is 7.43. The fourth-order valence-electron chi connectivity index (χ4n) is 1.98. The minimum absolute atomic E-state index is 0.255. The summed E-state index contributed by atoms with van der Waals surface area (Å²) in [4.78, 5) is 0. The zero-order valence-electron chi connectivity index (χ0n) is 12.0. The summed E-state index contributed by atoms with van der Waals surface area (Å²) < 4.78 is 25.1. The van der Waals surface area contributed by atoms with Gasteiger partial charge in [0, 0.05) is 16.6 Å². The molecule has 0 saturated carbocycles. The molecule has 0 aromatic heterocycles. The topological polar surface area (TPSA) is 30.5 Å². The molecule has 0 atom stereocenters. The van der Waals surface area contributed by atoms with Crippen LogP contribution in [0.25, 0.3) is 0 Å². The van der Waals surface area contributed by atoms with Crippen molar-refractivity contribution in [2.24, 2.45) is 0 Å². The number of hydrogen-bond donors (Lipinski definition) is 1. The second-order valence-corrected chi connectivity index (χ2v) is 5.36. The number of hydrogen-bond acceptors (Lipinski definition) is 3. The minimum Gasteiger partial charge on any atom is -0.493 e. The molecule has 112 valence electrons. The van der Waals surface area contributed by atoms with Crippen molar-refractivity contribution in [1.82, 2.24) is 5.32 Å². The van der Waals surface area contributed by atoms with Gasteiger partial charge in [-0.15, -0.1) is 0 Å². The highest BCUT2D eigenvalue weighted by Crippen LogP contribution is 2.36. The molecule has 0 unspecified atom stereocenters. The number of methoxy groups -OCH3 is 1. The van der Waals surface area contributed by atoms with Crippen LogP contribution in [0.5, 0.6) is 11.5 Å².